The monoisotopic (exact) mass is 258 g/mol. The van der Waals surface area contributed by atoms with Crippen LogP contribution in [0.1, 0.15) is 39.0 Å². The summed E-state index contributed by atoms with van der Waals surface area (Å²) in [5, 5.41) is 22.8. The highest BCUT2D eigenvalue weighted by atomic mass is 16.4. The van der Waals surface area contributed by atoms with Crippen LogP contribution in [0.25, 0.3) is 0 Å². The Balaban J connectivity index is 2.09. The van der Waals surface area contributed by atoms with Gasteiger partial charge in [0.1, 0.15) is 0 Å². The van der Waals surface area contributed by atoms with E-state index >= 15 is 0 Å². The molecule has 1 rings (SSSR count). The van der Waals surface area contributed by atoms with Crippen LogP contribution in [-0.4, -0.2) is 41.4 Å². The molecule has 1 fully saturated rings. The van der Waals surface area contributed by atoms with Crippen LogP contribution in [0.5, 0.6) is 0 Å². The summed E-state index contributed by atoms with van der Waals surface area (Å²) in [6.45, 7) is 2.96. The number of nitrogens with one attached hydrogen (secondary N) is 2. The molecule has 1 aliphatic rings. The molecule has 6 heteroatoms. The summed E-state index contributed by atoms with van der Waals surface area (Å²) in [7, 11) is 0. The van der Waals surface area contributed by atoms with Crippen molar-refractivity contribution in [2.45, 2.75) is 45.1 Å². The molecule has 0 radical (unpaired) electrons. The molecule has 0 aliphatic heterocycles. The van der Waals surface area contributed by atoms with Crippen LogP contribution in [0.4, 0.5) is 4.79 Å². The number of carboxylic acid groups (broad SMARTS) is 1. The van der Waals surface area contributed by atoms with Crippen LogP contribution in [0.15, 0.2) is 0 Å². The van der Waals surface area contributed by atoms with Gasteiger partial charge in [-0.05, 0) is 24.7 Å². The van der Waals surface area contributed by atoms with Crippen molar-refractivity contribution in [1.29, 1.82) is 0 Å². The molecule has 104 valence electrons. The molecule has 0 saturated heterocycles. The predicted octanol–water partition coefficient (Wildman–Crippen LogP) is 0.701. The average molecular weight is 258 g/mol. The zero-order chi connectivity index (χ0) is 13.6. The van der Waals surface area contributed by atoms with E-state index in [1.165, 1.54) is 12.8 Å². The maximum absolute atomic E-state index is 11.4. The van der Waals surface area contributed by atoms with Crippen molar-refractivity contribution >= 4 is 12.0 Å². The molecule has 1 saturated carbocycles. The third-order valence-electron chi connectivity index (χ3n) is 3.35. The second-order valence-electron chi connectivity index (χ2n) is 5.00. The van der Waals surface area contributed by atoms with Gasteiger partial charge in [-0.3, -0.25) is 0 Å². The normalized spacial score (nSPS) is 17.9. The molecule has 2 amide bonds. The molecule has 0 heterocycles. The van der Waals surface area contributed by atoms with E-state index in [0.29, 0.717) is 12.0 Å². The van der Waals surface area contributed by atoms with Crippen molar-refractivity contribution in [2.24, 2.45) is 5.41 Å². The standard InChI is InChI=1S/C12H22N2O4/c1-2-4-12(5-6-12)8-14-11(18)13-7-3-9(15)10(16)17/h9,15H,2-8H2,1H3,(H,16,17)(H2,13,14,18)/t9-/m0/s1. The molecular formula is C12H22N2O4. The van der Waals surface area contributed by atoms with Crippen molar-refractivity contribution < 1.29 is 19.8 Å². The van der Waals surface area contributed by atoms with Crippen molar-refractivity contribution in [3.8, 4) is 0 Å². The molecule has 1 atom stereocenters. The average Bonchev–Trinajstić information content (AvgIpc) is 3.07. The number of hydrogen-bond acceptors (Lipinski definition) is 3. The third kappa shape index (κ3) is 4.91. The number of urea groups is 1. The zero-order valence-corrected chi connectivity index (χ0v) is 10.7. The lowest BCUT2D eigenvalue weighted by atomic mass is 10.0. The third-order valence-corrected chi connectivity index (χ3v) is 3.35. The molecule has 18 heavy (non-hydrogen) atoms. The minimum Gasteiger partial charge on any atom is -0.479 e. The minimum atomic E-state index is -1.42. The van der Waals surface area contributed by atoms with Gasteiger partial charge in [0.25, 0.3) is 0 Å². The predicted molar refractivity (Wildman–Crippen MR) is 66.2 cm³/mol. The highest BCUT2D eigenvalue weighted by Crippen LogP contribution is 2.48. The summed E-state index contributed by atoms with van der Waals surface area (Å²) in [4.78, 5) is 21.8. The van der Waals surface area contributed by atoms with E-state index < -0.39 is 12.1 Å². The van der Waals surface area contributed by atoms with Gasteiger partial charge in [0.2, 0.25) is 0 Å². The van der Waals surface area contributed by atoms with Gasteiger partial charge in [-0.25, -0.2) is 9.59 Å². The van der Waals surface area contributed by atoms with Crippen LogP contribution >= 0.6 is 0 Å². The van der Waals surface area contributed by atoms with E-state index in [4.69, 9.17) is 10.2 Å². The quantitative estimate of drug-likeness (QED) is 0.515. The minimum absolute atomic E-state index is 0.0167. The summed E-state index contributed by atoms with van der Waals surface area (Å²) < 4.78 is 0. The van der Waals surface area contributed by atoms with Gasteiger partial charge in [-0.15, -0.1) is 0 Å². The van der Waals surface area contributed by atoms with Crippen molar-refractivity contribution in [3.05, 3.63) is 0 Å². The number of aliphatic carboxylic acids is 1. The van der Waals surface area contributed by atoms with Crippen molar-refractivity contribution in [2.75, 3.05) is 13.1 Å². The van der Waals surface area contributed by atoms with Gasteiger partial charge in [-0.1, -0.05) is 13.3 Å². The Morgan fingerprint density at radius 3 is 2.50 bits per heavy atom. The number of aliphatic hydroxyl groups excluding tert-OH is 1. The van der Waals surface area contributed by atoms with Gasteiger partial charge in [-0.2, -0.15) is 0 Å². The van der Waals surface area contributed by atoms with E-state index in [9.17, 15) is 9.59 Å². The maximum atomic E-state index is 11.4. The van der Waals surface area contributed by atoms with Gasteiger partial charge >= 0.3 is 12.0 Å². The fourth-order valence-corrected chi connectivity index (χ4v) is 2.00. The van der Waals surface area contributed by atoms with Gasteiger partial charge in [0, 0.05) is 19.5 Å². The molecule has 0 spiro atoms. The second-order valence-corrected chi connectivity index (χ2v) is 5.00. The lowest BCUT2D eigenvalue weighted by Gasteiger charge is -2.15. The van der Waals surface area contributed by atoms with Crippen LogP contribution in [0, 0.1) is 5.41 Å². The second kappa shape index (κ2) is 6.58. The van der Waals surface area contributed by atoms with Crippen LogP contribution in [0.2, 0.25) is 0 Å². The number of amides is 2. The molecule has 0 bridgehead atoms. The number of rotatable bonds is 8. The molecule has 1 aliphatic carbocycles. The highest BCUT2D eigenvalue weighted by Gasteiger charge is 2.41. The maximum Gasteiger partial charge on any atom is 0.332 e. The van der Waals surface area contributed by atoms with Gasteiger partial charge < -0.3 is 20.8 Å². The summed E-state index contributed by atoms with van der Waals surface area (Å²) >= 11 is 0. The Morgan fingerprint density at radius 1 is 1.33 bits per heavy atom. The summed E-state index contributed by atoms with van der Waals surface area (Å²) in [5.41, 5.74) is 0.298. The first-order chi connectivity index (χ1) is 8.49. The Bertz CT molecular complexity index is 302. The van der Waals surface area contributed by atoms with E-state index in [1.807, 2.05) is 0 Å². The molecule has 0 aromatic carbocycles. The van der Waals surface area contributed by atoms with E-state index in [2.05, 4.69) is 17.6 Å². The number of aliphatic hydroxyl groups is 1. The van der Waals surface area contributed by atoms with Crippen molar-refractivity contribution in [1.82, 2.24) is 10.6 Å². The Hall–Kier alpha value is -1.30. The first kappa shape index (κ1) is 14.8. The molecular weight excluding hydrogens is 236 g/mol. The van der Waals surface area contributed by atoms with Crippen molar-refractivity contribution in [3.63, 3.8) is 0 Å². The first-order valence-corrected chi connectivity index (χ1v) is 6.42. The lowest BCUT2D eigenvalue weighted by molar-refractivity contribution is -0.146. The number of carbonyl (C=O) groups is 2. The zero-order valence-electron chi connectivity index (χ0n) is 10.7. The highest BCUT2D eigenvalue weighted by molar-refractivity contribution is 5.74. The molecule has 0 aromatic rings. The Kier molecular flexibility index (Phi) is 5.40. The SMILES string of the molecule is CCCC1(CNC(=O)NCC[C@H](O)C(=O)O)CC1. The summed E-state index contributed by atoms with van der Waals surface area (Å²) in [6.07, 6.45) is 3.18. The largest absolute Gasteiger partial charge is 0.479 e. The topological polar surface area (TPSA) is 98.7 Å². The Morgan fingerprint density at radius 2 is 2.00 bits per heavy atom. The number of hydrogen-bond donors (Lipinski definition) is 4. The van der Waals surface area contributed by atoms with Crippen LogP contribution in [0.3, 0.4) is 0 Å². The summed E-state index contributed by atoms with van der Waals surface area (Å²) in [5.74, 6) is -1.27. The smallest absolute Gasteiger partial charge is 0.332 e. The lowest BCUT2D eigenvalue weighted by Crippen LogP contribution is -2.40. The van der Waals surface area contributed by atoms with Crippen LogP contribution < -0.4 is 10.6 Å². The Labute approximate surface area is 107 Å². The summed E-state index contributed by atoms with van der Waals surface area (Å²) in [6, 6.07) is -0.296. The number of carboxylic acids is 1. The van der Waals surface area contributed by atoms with E-state index in [0.717, 1.165) is 12.8 Å². The fourth-order valence-electron chi connectivity index (χ4n) is 2.00. The van der Waals surface area contributed by atoms with Gasteiger partial charge in [0.05, 0.1) is 0 Å². The molecule has 0 aromatic heterocycles. The molecule has 6 nitrogen and oxygen atoms in total. The van der Waals surface area contributed by atoms with E-state index in [1.54, 1.807) is 0 Å². The van der Waals surface area contributed by atoms with Gasteiger partial charge in [0.15, 0.2) is 6.10 Å². The first-order valence-electron chi connectivity index (χ1n) is 6.42. The van der Waals surface area contributed by atoms with Crippen LogP contribution in [-0.2, 0) is 4.79 Å². The molecule has 0 unspecified atom stereocenters. The molecule has 4 N–H and O–H groups in total. The fraction of sp³-hybridized carbons (Fsp3) is 0.833. The van der Waals surface area contributed by atoms with E-state index in [-0.39, 0.29) is 19.0 Å². The number of carbonyl (C=O) groups excluding carboxylic acids is 1.